The highest BCUT2D eigenvalue weighted by molar-refractivity contribution is 7.18. The molecule has 0 amide bonds. The molecule has 6 aromatic rings. The maximum absolute atomic E-state index is 6.56. The molecule has 35 heavy (non-hydrogen) atoms. The summed E-state index contributed by atoms with van der Waals surface area (Å²) < 4.78 is 7.71. The summed E-state index contributed by atoms with van der Waals surface area (Å²) >= 11 is 1.70. The van der Waals surface area contributed by atoms with Gasteiger partial charge >= 0.3 is 0 Å². The van der Waals surface area contributed by atoms with Crippen LogP contribution in [0.1, 0.15) is 42.5 Å². The van der Waals surface area contributed by atoms with Crippen LogP contribution in [-0.2, 0) is 5.41 Å². The van der Waals surface area contributed by atoms with E-state index in [-0.39, 0.29) is 5.41 Å². The molecule has 6 rings (SSSR count). The smallest absolute Gasteiger partial charge is 0.162 e. The number of aromatic nitrogens is 2. The Bertz CT molecular complexity index is 1740. The fourth-order valence-electron chi connectivity index (χ4n) is 5.21. The van der Waals surface area contributed by atoms with Crippen molar-refractivity contribution in [3.63, 3.8) is 0 Å². The number of fused-ring (bicyclic) bond motifs is 5. The minimum Gasteiger partial charge on any atom is -0.453 e. The zero-order chi connectivity index (χ0) is 24.5. The maximum Gasteiger partial charge on any atom is 0.162 e. The molecule has 0 aliphatic carbocycles. The number of nitrogens with zero attached hydrogens (tertiary/aromatic N) is 2. The van der Waals surface area contributed by atoms with Gasteiger partial charge in [-0.15, -0.1) is 11.3 Å². The molecule has 0 spiro atoms. The highest BCUT2D eigenvalue weighted by Gasteiger charge is 2.23. The predicted octanol–water partition coefficient (Wildman–Crippen LogP) is 9.15. The van der Waals surface area contributed by atoms with Crippen LogP contribution in [0.25, 0.3) is 54.5 Å². The van der Waals surface area contributed by atoms with Crippen LogP contribution in [0.2, 0.25) is 0 Å². The van der Waals surface area contributed by atoms with Crippen LogP contribution in [0.3, 0.4) is 0 Å². The van der Waals surface area contributed by atoms with Gasteiger partial charge in [-0.3, -0.25) is 4.98 Å². The van der Waals surface area contributed by atoms with Crippen LogP contribution < -0.4 is 0 Å². The zero-order valence-electron chi connectivity index (χ0n) is 21.0. The molecule has 0 aliphatic rings. The van der Waals surface area contributed by atoms with Crippen LogP contribution in [0, 0.1) is 20.8 Å². The van der Waals surface area contributed by atoms with Crippen molar-refractivity contribution in [3.8, 4) is 22.4 Å². The van der Waals surface area contributed by atoms with Crippen molar-refractivity contribution >= 4 is 43.5 Å². The minimum atomic E-state index is -0.0327. The van der Waals surface area contributed by atoms with Crippen molar-refractivity contribution < 1.29 is 4.42 Å². The Morgan fingerprint density at radius 1 is 0.800 bits per heavy atom. The minimum absolute atomic E-state index is 0.0327. The molecule has 3 aromatic heterocycles. The molecule has 0 saturated heterocycles. The largest absolute Gasteiger partial charge is 0.453 e. The summed E-state index contributed by atoms with van der Waals surface area (Å²) in [6, 6.07) is 19.4. The van der Waals surface area contributed by atoms with E-state index in [1.54, 1.807) is 11.3 Å². The molecule has 0 radical (unpaired) electrons. The SMILES string of the molecule is Cc1nc2c(ccc3c4cccc(-c5cc(-c6c(C)cccc6C)c(C(C)(C)C)cn5)c4oc32)s1. The van der Waals surface area contributed by atoms with Crippen molar-refractivity contribution in [2.75, 3.05) is 0 Å². The molecule has 3 nitrogen and oxygen atoms in total. The lowest BCUT2D eigenvalue weighted by Crippen LogP contribution is -2.14. The molecular formula is C31H28N2OS. The van der Waals surface area contributed by atoms with Gasteiger partial charge in [0.05, 0.1) is 15.4 Å². The number of hydrogen-bond acceptors (Lipinski definition) is 4. The van der Waals surface area contributed by atoms with Crippen molar-refractivity contribution in [3.05, 3.63) is 82.5 Å². The second-order valence-corrected chi connectivity index (χ2v) is 11.7. The average molecular weight is 477 g/mol. The van der Waals surface area contributed by atoms with Gasteiger partial charge in [0.2, 0.25) is 0 Å². The number of pyridine rings is 1. The number of rotatable bonds is 2. The Labute approximate surface area is 209 Å². The number of thiazole rings is 1. The topological polar surface area (TPSA) is 38.9 Å². The van der Waals surface area contributed by atoms with Crippen LogP contribution in [0.5, 0.6) is 0 Å². The third-order valence-electron chi connectivity index (χ3n) is 6.87. The van der Waals surface area contributed by atoms with Crippen molar-refractivity contribution in [1.82, 2.24) is 9.97 Å². The van der Waals surface area contributed by atoms with Crippen molar-refractivity contribution in [1.29, 1.82) is 0 Å². The summed E-state index contributed by atoms with van der Waals surface area (Å²) in [6.07, 6.45) is 2.06. The molecule has 174 valence electrons. The molecule has 0 N–H and O–H groups in total. The van der Waals surface area contributed by atoms with Gasteiger partial charge in [0.1, 0.15) is 11.1 Å². The number of hydrogen-bond donors (Lipinski definition) is 0. The molecule has 3 aromatic carbocycles. The van der Waals surface area contributed by atoms with E-state index in [0.717, 1.165) is 48.4 Å². The summed E-state index contributed by atoms with van der Waals surface area (Å²) in [5.41, 5.74) is 10.9. The standard InChI is InChI=1S/C31H28N2OS/c1-17-9-7-10-18(2)27(17)23-15-25(32-16-24(23)31(4,5)6)22-12-8-11-20-21-13-14-26-28(33-19(3)35-26)30(21)34-29(20)22/h7-16H,1-6H3. The first-order valence-electron chi connectivity index (χ1n) is 12.0. The van der Waals surface area contributed by atoms with E-state index < -0.39 is 0 Å². The first-order chi connectivity index (χ1) is 16.7. The zero-order valence-corrected chi connectivity index (χ0v) is 21.8. The fraction of sp³-hybridized carbons (Fsp3) is 0.226. The summed E-state index contributed by atoms with van der Waals surface area (Å²) in [7, 11) is 0. The lowest BCUT2D eigenvalue weighted by atomic mass is 9.80. The van der Waals surface area contributed by atoms with E-state index in [1.807, 2.05) is 6.92 Å². The monoisotopic (exact) mass is 476 g/mol. The van der Waals surface area contributed by atoms with Gasteiger partial charge in [0, 0.05) is 22.5 Å². The fourth-order valence-corrected chi connectivity index (χ4v) is 6.03. The molecule has 3 heterocycles. The van der Waals surface area contributed by atoms with Gasteiger partial charge in [-0.05, 0) is 78.3 Å². The van der Waals surface area contributed by atoms with Crippen LogP contribution in [0.15, 0.2) is 65.2 Å². The predicted molar refractivity (Wildman–Crippen MR) is 148 cm³/mol. The Kier molecular flexibility index (Phi) is 4.87. The van der Waals surface area contributed by atoms with Crippen LogP contribution >= 0.6 is 11.3 Å². The van der Waals surface area contributed by atoms with Crippen LogP contribution in [0.4, 0.5) is 0 Å². The highest BCUT2D eigenvalue weighted by atomic mass is 32.1. The molecular weight excluding hydrogens is 448 g/mol. The van der Waals surface area contributed by atoms with Gasteiger partial charge in [-0.25, -0.2) is 4.98 Å². The third-order valence-corrected chi connectivity index (χ3v) is 7.81. The first-order valence-corrected chi connectivity index (χ1v) is 12.8. The van der Waals surface area contributed by atoms with E-state index in [2.05, 4.69) is 95.4 Å². The van der Waals surface area contributed by atoms with E-state index in [9.17, 15) is 0 Å². The normalized spacial score (nSPS) is 12.3. The second kappa shape index (κ2) is 7.76. The van der Waals surface area contributed by atoms with Crippen molar-refractivity contribution in [2.24, 2.45) is 0 Å². The van der Waals surface area contributed by atoms with E-state index >= 15 is 0 Å². The quantitative estimate of drug-likeness (QED) is 0.250. The molecule has 0 aliphatic heterocycles. The molecule has 0 bridgehead atoms. The number of para-hydroxylation sites is 1. The summed E-state index contributed by atoms with van der Waals surface area (Å²) in [5.74, 6) is 0. The Balaban J connectivity index is 1.65. The summed E-state index contributed by atoms with van der Waals surface area (Å²) in [6.45, 7) is 13.2. The molecule has 0 saturated carbocycles. The number of benzene rings is 3. The van der Waals surface area contributed by atoms with Gasteiger partial charge in [-0.1, -0.05) is 51.1 Å². The van der Waals surface area contributed by atoms with Gasteiger partial charge in [0.25, 0.3) is 0 Å². The third kappa shape index (κ3) is 3.47. The summed E-state index contributed by atoms with van der Waals surface area (Å²) in [5, 5.41) is 3.24. The lowest BCUT2D eigenvalue weighted by molar-refractivity contribution is 0.589. The Hall–Kier alpha value is -3.50. The average Bonchev–Trinajstić information content (AvgIpc) is 3.37. The van der Waals surface area contributed by atoms with Gasteiger partial charge in [-0.2, -0.15) is 0 Å². The second-order valence-electron chi connectivity index (χ2n) is 10.4. The number of aryl methyl sites for hydroxylation is 3. The lowest BCUT2D eigenvalue weighted by Gasteiger charge is -2.25. The van der Waals surface area contributed by atoms with Crippen LogP contribution in [-0.4, -0.2) is 9.97 Å². The Morgan fingerprint density at radius 3 is 2.26 bits per heavy atom. The van der Waals surface area contributed by atoms with Crippen molar-refractivity contribution in [2.45, 2.75) is 47.0 Å². The highest BCUT2D eigenvalue weighted by Crippen LogP contribution is 2.42. The Morgan fingerprint density at radius 2 is 1.51 bits per heavy atom. The molecule has 0 fully saturated rings. The van der Waals surface area contributed by atoms with Gasteiger partial charge in [0.15, 0.2) is 5.58 Å². The van der Waals surface area contributed by atoms with E-state index in [1.165, 1.54) is 27.8 Å². The van der Waals surface area contributed by atoms with E-state index in [0.29, 0.717) is 0 Å². The first kappa shape index (κ1) is 22.0. The molecule has 0 atom stereocenters. The van der Waals surface area contributed by atoms with E-state index in [4.69, 9.17) is 14.4 Å². The summed E-state index contributed by atoms with van der Waals surface area (Å²) in [4.78, 5) is 9.73. The van der Waals surface area contributed by atoms with Gasteiger partial charge < -0.3 is 4.42 Å². The number of furan rings is 1. The molecule has 4 heteroatoms. The maximum atomic E-state index is 6.56. The molecule has 0 unspecified atom stereocenters.